The highest BCUT2D eigenvalue weighted by atomic mass is 16.6. The lowest BCUT2D eigenvalue weighted by Gasteiger charge is -2.23. The van der Waals surface area contributed by atoms with E-state index in [1.807, 2.05) is 0 Å². The van der Waals surface area contributed by atoms with Crippen molar-refractivity contribution >= 4 is 11.9 Å². The van der Waals surface area contributed by atoms with Crippen molar-refractivity contribution in [3.05, 3.63) is 0 Å². The Kier molecular flexibility index (Phi) is 4.47. The van der Waals surface area contributed by atoms with Gasteiger partial charge in [-0.05, 0) is 27.7 Å². The molecule has 2 atom stereocenters. The fraction of sp³-hybridized carbons (Fsp3) is 0.818. The molecule has 1 rings (SSSR count). The number of nitrogens with one attached hydrogen (secondary N) is 2. The number of rotatable bonds is 3. The molecular weight excluding hydrogens is 224 g/mol. The Morgan fingerprint density at radius 3 is 2.59 bits per heavy atom. The Morgan fingerprint density at radius 1 is 1.47 bits per heavy atom. The van der Waals surface area contributed by atoms with Crippen LogP contribution in [0.1, 0.15) is 27.7 Å². The van der Waals surface area contributed by atoms with Crippen LogP contribution in [0.3, 0.4) is 0 Å². The Hall–Kier alpha value is -1.14. The highest BCUT2D eigenvalue weighted by Gasteiger charge is 2.28. The van der Waals surface area contributed by atoms with Gasteiger partial charge in [0.05, 0.1) is 6.61 Å². The standard InChI is InChI=1S/C11H20N2O4/c1-7(10(15)17-11(2,3)4)13-8(14)9-12-5-6-16-9/h7,9,12H,5-6H2,1-4H3,(H,13,14). The first-order chi connectivity index (χ1) is 7.79. The van der Waals surface area contributed by atoms with Gasteiger partial charge in [0.15, 0.2) is 6.23 Å². The molecule has 0 spiro atoms. The number of esters is 1. The summed E-state index contributed by atoms with van der Waals surface area (Å²) in [6.07, 6.45) is -0.667. The summed E-state index contributed by atoms with van der Waals surface area (Å²) < 4.78 is 10.3. The summed E-state index contributed by atoms with van der Waals surface area (Å²) in [7, 11) is 0. The molecule has 0 aromatic rings. The summed E-state index contributed by atoms with van der Waals surface area (Å²) in [5, 5.41) is 5.41. The molecule has 6 nitrogen and oxygen atoms in total. The molecule has 17 heavy (non-hydrogen) atoms. The van der Waals surface area contributed by atoms with Gasteiger partial charge < -0.3 is 14.8 Å². The van der Waals surface area contributed by atoms with Crippen molar-refractivity contribution in [2.45, 2.75) is 45.6 Å². The van der Waals surface area contributed by atoms with Gasteiger partial charge in [-0.25, -0.2) is 4.79 Å². The molecule has 1 aliphatic heterocycles. The smallest absolute Gasteiger partial charge is 0.328 e. The van der Waals surface area contributed by atoms with E-state index < -0.39 is 23.8 Å². The lowest BCUT2D eigenvalue weighted by atomic mass is 10.2. The minimum atomic E-state index is -0.687. The van der Waals surface area contributed by atoms with Crippen LogP contribution in [0.25, 0.3) is 0 Å². The van der Waals surface area contributed by atoms with Crippen molar-refractivity contribution in [3.63, 3.8) is 0 Å². The first kappa shape index (κ1) is 13.9. The van der Waals surface area contributed by atoms with Gasteiger partial charge in [0.1, 0.15) is 11.6 Å². The average molecular weight is 244 g/mol. The van der Waals surface area contributed by atoms with E-state index in [-0.39, 0.29) is 5.91 Å². The third kappa shape index (κ3) is 4.70. The highest BCUT2D eigenvalue weighted by molar-refractivity contribution is 5.86. The van der Waals surface area contributed by atoms with Gasteiger partial charge in [-0.1, -0.05) is 0 Å². The molecule has 1 fully saturated rings. The van der Waals surface area contributed by atoms with Gasteiger partial charge in [0, 0.05) is 6.54 Å². The predicted octanol–water partition coefficient (Wildman–Crippen LogP) is -0.221. The summed E-state index contributed by atoms with van der Waals surface area (Å²) in [5.41, 5.74) is -0.557. The van der Waals surface area contributed by atoms with Crippen LogP contribution in [-0.4, -0.2) is 42.9 Å². The molecule has 1 heterocycles. The Morgan fingerprint density at radius 2 is 2.12 bits per heavy atom. The summed E-state index contributed by atoms with van der Waals surface area (Å²) in [4.78, 5) is 23.2. The molecular formula is C11H20N2O4. The van der Waals surface area contributed by atoms with Gasteiger partial charge in [0.25, 0.3) is 5.91 Å². The minimum Gasteiger partial charge on any atom is -0.458 e. The second kappa shape index (κ2) is 5.46. The second-order valence-electron chi connectivity index (χ2n) is 4.97. The van der Waals surface area contributed by atoms with Gasteiger partial charge in [-0.15, -0.1) is 0 Å². The molecule has 2 N–H and O–H groups in total. The maximum absolute atomic E-state index is 11.6. The maximum Gasteiger partial charge on any atom is 0.328 e. The summed E-state index contributed by atoms with van der Waals surface area (Å²) in [6, 6.07) is -0.687. The van der Waals surface area contributed by atoms with Crippen LogP contribution in [0, 0.1) is 0 Å². The lowest BCUT2D eigenvalue weighted by Crippen LogP contribution is -2.48. The van der Waals surface area contributed by atoms with Crippen LogP contribution in [0.2, 0.25) is 0 Å². The lowest BCUT2D eigenvalue weighted by molar-refractivity contribution is -0.158. The zero-order valence-electron chi connectivity index (χ0n) is 10.7. The van der Waals surface area contributed by atoms with Crippen LogP contribution in [0.15, 0.2) is 0 Å². The quantitative estimate of drug-likeness (QED) is 0.671. The van der Waals surface area contributed by atoms with Crippen molar-refractivity contribution < 1.29 is 19.1 Å². The van der Waals surface area contributed by atoms with Gasteiger partial charge in [-0.3, -0.25) is 10.1 Å². The molecule has 1 saturated heterocycles. The fourth-order valence-corrected chi connectivity index (χ4v) is 1.33. The third-order valence-corrected chi connectivity index (χ3v) is 2.07. The zero-order chi connectivity index (χ0) is 13.1. The predicted molar refractivity (Wildman–Crippen MR) is 61.2 cm³/mol. The average Bonchev–Trinajstić information content (AvgIpc) is 2.67. The highest BCUT2D eigenvalue weighted by Crippen LogP contribution is 2.08. The number of hydrogen-bond acceptors (Lipinski definition) is 5. The van der Waals surface area contributed by atoms with E-state index in [0.29, 0.717) is 13.2 Å². The van der Waals surface area contributed by atoms with E-state index in [9.17, 15) is 9.59 Å². The normalized spacial score (nSPS) is 22.0. The Bertz CT molecular complexity index is 292. The van der Waals surface area contributed by atoms with E-state index in [0.717, 1.165) is 0 Å². The first-order valence-electron chi connectivity index (χ1n) is 5.68. The Labute approximate surface area is 101 Å². The SMILES string of the molecule is CC(NC(=O)C1NCCO1)C(=O)OC(C)(C)C. The summed E-state index contributed by atoms with van der Waals surface area (Å²) >= 11 is 0. The van der Waals surface area contributed by atoms with Crippen molar-refractivity contribution in [1.29, 1.82) is 0 Å². The minimum absolute atomic E-state index is 0.346. The van der Waals surface area contributed by atoms with E-state index in [1.165, 1.54) is 0 Å². The molecule has 0 aromatic carbocycles. The Balaban J connectivity index is 2.40. The van der Waals surface area contributed by atoms with Crippen LogP contribution in [-0.2, 0) is 19.1 Å². The molecule has 1 amide bonds. The van der Waals surface area contributed by atoms with Crippen LogP contribution < -0.4 is 10.6 Å². The first-order valence-corrected chi connectivity index (χ1v) is 5.68. The zero-order valence-corrected chi connectivity index (χ0v) is 10.7. The topological polar surface area (TPSA) is 76.7 Å². The molecule has 1 aliphatic rings. The van der Waals surface area contributed by atoms with Crippen molar-refractivity contribution in [3.8, 4) is 0 Å². The summed E-state index contributed by atoms with van der Waals surface area (Å²) in [6.45, 7) is 8.06. The molecule has 98 valence electrons. The number of hydrogen-bond donors (Lipinski definition) is 2. The van der Waals surface area contributed by atoms with Gasteiger partial charge in [-0.2, -0.15) is 0 Å². The van der Waals surface area contributed by atoms with Crippen molar-refractivity contribution in [2.75, 3.05) is 13.2 Å². The molecule has 0 aromatic heterocycles. The number of carbonyl (C=O) groups excluding carboxylic acids is 2. The van der Waals surface area contributed by atoms with E-state index >= 15 is 0 Å². The van der Waals surface area contributed by atoms with E-state index in [2.05, 4.69) is 10.6 Å². The van der Waals surface area contributed by atoms with Gasteiger partial charge >= 0.3 is 5.97 Å². The monoisotopic (exact) mass is 244 g/mol. The molecule has 0 saturated carbocycles. The number of amides is 1. The van der Waals surface area contributed by atoms with Crippen LogP contribution in [0.4, 0.5) is 0 Å². The van der Waals surface area contributed by atoms with Crippen LogP contribution in [0.5, 0.6) is 0 Å². The second-order valence-corrected chi connectivity index (χ2v) is 4.97. The largest absolute Gasteiger partial charge is 0.458 e. The van der Waals surface area contributed by atoms with Crippen LogP contribution >= 0.6 is 0 Å². The fourth-order valence-electron chi connectivity index (χ4n) is 1.33. The maximum atomic E-state index is 11.6. The molecule has 0 bridgehead atoms. The number of carbonyl (C=O) groups is 2. The molecule has 6 heteroatoms. The van der Waals surface area contributed by atoms with E-state index in [4.69, 9.17) is 9.47 Å². The van der Waals surface area contributed by atoms with E-state index in [1.54, 1.807) is 27.7 Å². The molecule has 2 unspecified atom stereocenters. The molecule has 0 radical (unpaired) electrons. The summed E-state index contributed by atoms with van der Waals surface area (Å²) in [5.74, 6) is -0.801. The van der Waals surface area contributed by atoms with Gasteiger partial charge in [0.2, 0.25) is 0 Å². The third-order valence-electron chi connectivity index (χ3n) is 2.07. The van der Waals surface area contributed by atoms with Crippen molar-refractivity contribution in [2.24, 2.45) is 0 Å². The number of ether oxygens (including phenoxy) is 2. The van der Waals surface area contributed by atoms with Crippen molar-refractivity contribution in [1.82, 2.24) is 10.6 Å². The molecule has 0 aliphatic carbocycles.